The second-order valence-corrected chi connectivity index (χ2v) is 5.61. The Balaban J connectivity index is 1.81. The van der Waals surface area contributed by atoms with Crippen molar-refractivity contribution < 1.29 is 19.4 Å². The summed E-state index contributed by atoms with van der Waals surface area (Å²) in [7, 11) is 1.62. The monoisotopic (exact) mass is 286 g/mol. The highest BCUT2D eigenvalue weighted by Crippen LogP contribution is 2.20. The van der Waals surface area contributed by atoms with Crippen LogP contribution in [0.1, 0.15) is 25.7 Å². The highest BCUT2D eigenvalue weighted by Gasteiger charge is 2.31. The molecule has 0 spiro atoms. The lowest BCUT2D eigenvalue weighted by Gasteiger charge is -2.29. The van der Waals surface area contributed by atoms with Crippen LogP contribution in [0.5, 0.6) is 0 Å². The number of aliphatic hydroxyl groups excluding tert-OH is 1. The number of rotatable bonds is 4. The molecule has 0 aromatic carbocycles. The molecule has 1 saturated heterocycles. The van der Waals surface area contributed by atoms with Crippen molar-refractivity contribution in [3.8, 4) is 0 Å². The number of nitrogens with one attached hydrogen (secondary N) is 1. The summed E-state index contributed by atoms with van der Waals surface area (Å²) in [6.45, 7) is 3.34. The third kappa shape index (κ3) is 4.41. The number of nitrogens with zero attached hydrogens (tertiary/aromatic N) is 1. The number of ether oxygens (including phenoxy) is 2. The van der Waals surface area contributed by atoms with Crippen molar-refractivity contribution in [2.24, 2.45) is 0 Å². The lowest BCUT2D eigenvalue weighted by molar-refractivity contribution is -0.125. The number of aliphatic hydroxyl groups is 1. The molecule has 0 unspecified atom stereocenters. The minimum absolute atomic E-state index is 0.0206. The van der Waals surface area contributed by atoms with E-state index in [0.717, 1.165) is 38.8 Å². The maximum absolute atomic E-state index is 12.1. The number of morpholine rings is 1. The molecular formula is C14H26N2O4. The Morgan fingerprint density at radius 2 is 2.05 bits per heavy atom. The van der Waals surface area contributed by atoms with Gasteiger partial charge in [-0.25, -0.2) is 0 Å². The van der Waals surface area contributed by atoms with Gasteiger partial charge in [-0.1, -0.05) is 12.8 Å². The van der Waals surface area contributed by atoms with Gasteiger partial charge in [0.15, 0.2) is 0 Å². The Kier molecular flexibility index (Phi) is 6.22. The van der Waals surface area contributed by atoms with Crippen LogP contribution < -0.4 is 5.32 Å². The molecule has 1 heterocycles. The maximum atomic E-state index is 12.1. The highest BCUT2D eigenvalue weighted by molar-refractivity contribution is 5.78. The quantitative estimate of drug-likeness (QED) is 0.698. The van der Waals surface area contributed by atoms with Gasteiger partial charge in [0.2, 0.25) is 5.91 Å². The van der Waals surface area contributed by atoms with E-state index in [-0.39, 0.29) is 18.1 Å². The molecule has 2 N–H and O–H groups in total. The summed E-state index contributed by atoms with van der Waals surface area (Å²) in [5, 5.41) is 13.3. The van der Waals surface area contributed by atoms with E-state index < -0.39 is 6.10 Å². The third-order valence-electron chi connectivity index (χ3n) is 4.17. The largest absolute Gasteiger partial charge is 0.388 e. The molecule has 0 aromatic heterocycles. The molecule has 1 aliphatic heterocycles. The minimum Gasteiger partial charge on any atom is -0.388 e. The van der Waals surface area contributed by atoms with Crippen molar-refractivity contribution in [1.29, 1.82) is 0 Å². The molecular weight excluding hydrogens is 260 g/mol. The summed E-state index contributed by atoms with van der Waals surface area (Å²) in [4.78, 5) is 14.2. The normalized spacial score (nSPS) is 32.6. The van der Waals surface area contributed by atoms with Gasteiger partial charge in [0.05, 0.1) is 31.9 Å². The first kappa shape index (κ1) is 15.7. The molecule has 2 rings (SSSR count). The predicted molar refractivity (Wildman–Crippen MR) is 74.5 cm³/mol. The van der Waals surface area contributed by atoms with E-state index in [1.54, 1.807) is 7.11 Å². The zero-order valence-electron chi connectivity index (χ0n) is 12.2. The number of hydrogen-bond donors (Lipinski definition) is 2. The van der Waals surface area contributed by atoms with Crippen LogP contribution in [0.25, 0.3) is 0 Å². The van der Waals surface area contributed by atoms with Gasteiger partial charge in [0, 0.05) is 20.2 Å². The van der Waals surface area contributed by atoms with Crippen LogP contribution in [0, 0.1) is 0 Å². The first-order valence-corrected chi connectivity index (χ1v) is 7.51. The van der Waals surface area contributed by atoms with Gasteiger partial charge in [0.25, 0.3) is 0 Å². The minimum atomic E-state index is -0.615. The topological polar surface area (TPSA) is 71.0 Å². The number of amides is 1. The van der Waals surface area contributed by atoms with Gasteiger partial charge < -0.3 is 19.9 Å². The lowest BCUT2D eigenvalue weighted by atomic mass is 10.0. The Labute approximate surface area is 120 Å². The number of carbonyl (C=O) groups is 1. The van der Waals surface area contributed by atoms with E-state index >= 15 is 0 Å². The molecule has 2 fully saturated rings. The molecule has 0 aromatic rings. The zero-order chi connectivity index (χ0) is 14.4. The molecule has 2 aliphatic rings. The molecule has 116 valence electrons. The molecule has 1 aliphatic carbocycles. The number of methoxy groups -OCH3 is 1. The molecule has 6 nitrogen and oxygen atoms in total. The van der Waals surface area contributed by atoms with Gasteiger partial charge in [-0.05, 0) is 12.8 Å². The fraction of sp³-hybridized carbons (Fsp3) is 0.929. The van der Waals surface area contributed by atoms with Gasteiger partial charge >= 0.3 is 0 Å². The van der Waals surface area contributed by atoms with Crippen LogP contribution in [0.15, 0.2) is 0 Å². The van der Waals surface area contributed by atoms with Crippen LogP contribution in [0.3, 0.4) is 0 Å². The smallest absolute Gasteiger partial charge is 0.234 e. The first-order valence-electron chi connectivity index (χ1n) is 7.51. The Hall–Kier alpha value is -0.690. The molecule has 3 atom stereocenters. The van der Waals surface area contributed by atoms with Gasteiger partial charge in [-0.2, -0.15) is 0 Å². The first-order chi connectivity index (χ1) is 9.70. The van der Waals surface area contributed by atoms with Crippen molar-refractivity contribution in [2.45, 2.75) is 43.9 Å². The van der Waals surface area contributed by atoms with Crippen LogP contribution in [-0.2, 0) is 14.3 Å². The summed E-state index contributed by atoms with van der Waals surface area (Å²) in [6.07, 6.45) is 2.93. The van der Waals surface area contributed by atoms with Crippen molar-refractivity contribution in [3.05, 3.63) is 0 Å². The fourth-order valence-electron chi connectivity index (χ4n) is 2.94. The summed E-state index contributed by atoms with van der Waals surface area (Å²) >= 11 is 0. The van der Waals surface area contributed by atoms with Crippen LogP contribution >= 0.6 is 0 Å². The maximum Gasteiger partial charge on any atom is 0.234 e. The molecule has 1 amide bonds. The van der Waals surface area contributed by atoms with E-state index in [1.165, 1.54) is 0 Å². The van der Waals surface area contributed by atoms with E-state index in [0.29, 0.717) is 19.8 Å². The summed E-state index contributed by atoms with van der Waals surface area (Å²) in [5.41, 5.74) is 0. The van der Waals surface area contributed by atoms with Crippen molar-refractivity contribution in [3.63, 3.8) is 0 Å². The number of hydrogen-bond acceptors (Lipinski definition) is 5. The molecule has 20 heavy (non-hydrogen) atoms. The Bertz CT molecular complexity index is 308. The van der Waals surface area contributed by atoms with E-state index in [9.17, 15) is 9.90 Å². The van der Waals surface area contributed by atoms with E-state index in [1.807, 2.05) is 0 Å². The van der Waals surface area contributed by atoms with Crippen molar-refractivity contribution >= 4 is 5.91 Å². The standard InChI is InChI=1S/C14H26N2O4/c1-19-12-5-3-2-4-11(14(12)18)15-13(17)10-16-6-8-20-9-7-16/h11-12,14,18H,2-10H2,1H3,(H,15,17)/t11-,12-,14-/m1/s1. The molecule has 0 bridgehead atoms. The van der Waals surface area contributed by atoms with Gasteiger partial charge in [-0.15, -0.1) is 0 Å². The van der Waals surface area contributed by atoms with Crippen LogP contribution in [-0.4, -0.2) is 74.1 Å². The van der Waals surface area contributed by atoms with Crippen LogP contribution in [0.4, 0.5) is 0 Å². The summed E-state index contributed by atoms with van der Waals surface area (Å²) in [6, 6.07) is -0.198. The molecule has 6 heteroatoms. The van der Waals surface area contributed by atoms with Gasteiger partial charge in [-0.3, -0.25) is 9.69 Å². The van der Waals surface area contributed by atoms with Gasteiger partial charge in [0.1, 0.15) is 6.10 Å². The molecule has 1 saturated carbocycles. The average Bonchev–Trinajstić information content (AvgIpc) is 2.62. The second-order valence-electron chi connectivity index (χ2n) is 5.61. The summed E-state index contributed by atoms with van der Waals surface area (Å²) in [5.74, 6) is -0.0206. The third-order valence-corrected chi connectivity index (χ3v) is 4.17. The lowest BCUT2D eigenvalue weighted by Crippen LogP contribution is -2.51. The number of carbonyl (C=O) groups excluding carboxylic acids is 1. The highest BCUT2D eigenvalue weighted by atomic mass is 16.5. The van der Waals surface area contributed by atoms with E-state index in [4.69, 9.17) is 9.47 Å². The average molecular weight is 286 g/mol. The van der Waals surface area contributed by atoms with Crippen molar-refractivity contribution in [1.82, 2.24) is 10.2 Å². The SMILES string of the molecule is CO[C@@H]1CCCC[C@@H](NC(=O)CN2CCOCC2)[C@H]1O. The fourth-order valence-corrected chi connectivity index (χ4v) is 2.94. The Morgan fingerprint density at radius 3 is 2.75 bits per heavy atom. The predicted octanol–water partition coefficient (Wildman–Crippen LogP) is -0.247. The van der Waals surface area contributed by atoms with Crippen LogP contribution in [0.2, 0.25) is 0 Å². The van der Waals surface area contributed by atoms with Crippen molar-refractivity contribution in [2.75, 3.05) is 40.0 Å². The second kappa shape index (κ2) is 7.93. The summed E-state index contributed by atoms with van der Waals surface area (Å²) < 4.78 is 10.6. The molecule has 0 radical (unpaired) electrons. The van der Waals surface area contributed by atoms with E-state index in [2.05, 4.69) is 10.2 Å². The Morgan fingerprint density at radius 1 is 1.35 bits per heavy atom. The zero-order valence-corrected chi connectivity index (χ0v) is 12.2.